The van der Waals surface area contributed by atoms with Crippen molar-refractivity contribution >= 4 is 5.97 Å². The van der Waals surface area contributed by atoms with E-state index in [1.807, 2.05) is 0 Å². The number of carbonyl (C=O) groups is 1. The Bertz CT molecular complexity index is 314. The van der Waals surface area contributed by atoms with E-state index in [1.165, 1.54) is 44.9 Å². The molecule has 0 amide bonds. The summed E-state index contributed by atoms with van der Waals surface area (Å²) in [6.07, 6.45) is 11.7. The van der Waals surface area contributed by atoms with Crippen LogP contribution in [0.15, 0.2) is 0 Å². The highest BCUT2D eigenvalue weighted by Gasteiger charge is 2.29. The Kier molecular flexibility index (Phi) is 6.50. The van der Waals surface area contributed by atoms with Crippen LogP contribution in [-0.2, 0) is 4.79 Å². The van der Waals surface area contributed by atoms with Gasteiger partial charge in [-0.3, -0.25) is 4.79 Å². The van der Waals surface area contributed by atoms with E-state index < -0.39 is 12.0 Å². The van der Waals surface area contributed by atoms with Crippen molar-refractivity contribution in [2.45, 2.75) is 91.0 Å². The van der Waals surface area contributed by atoms with Crippen LogP contribution in [0.25, 0.3) is 0 Å². The Morgan fingerprint density at radius 2 is 1.45 bits per heavy atom. The summed E-state index contributed by atoms with van der Waals surface area (Å²) in [5.74, 6) is -0.860. The molecule has 0 radical (unpaired) electrons. The van der Waals surface area contributed by atoms with Crippen molar-refractivity contribution in [3.05, 3.63) is 0 Å². The molecule has 0 spiro atoms. The van der Waals surface area contributed by atoms with Gasteiger partial charge in [-0.1, -0.05) is 52.9 Å². The third-order valence-corrected chi connectivity index (χ3v) is 5.05. The molecule has 3 N–H and O–H groups in total. The van der Waals surface area contributed by atoms with E-state index in [2.05, 4.69) is 20.8 Å². The van der Waals surface area contributed by atoms with Crippen LogP contribution >= 0.6 is 0 Å². The number of aliphatic carboxylic acids is 1. The van der Waals surface area contributed by atoms with Gasteiger partial charge in [0.2, 0.25) is 0 Å². The molecule has 0 aromatic carbocycles. The molecule has 0 aromatic heterocycles. The van der Waals surface area contributed by atoms with Crippen LogP contribution in [0.4, 0.5) is 0 Å². The summed E-state index contributed by atoms with van der Waals surface area (Å²) in [7, 11) is 0. The molecule has 3 nitrogen and oxygen atoms in total. The van der Waals surface area contributed by atoms with Gasteiger partial charge >= 0.3 is 5.97 Å². The Balaban J connectivity index is 2.60. The van der Waals surface area contributed by atoms with Crippen LogP contribution in [0, 0.1) is 10.8 Å². The summed E-state index contributed by atoms with van der Waals surface area (Å²) in [4.78, 5) is 11.0. The molecule has 1 rings (SSSR count). The fraction of sp³-hybridized carbons (Fsp3) is 0.941. The average Bonchev–Trinajstić information content (AvgIpc) is 2.36. The quantitative estimate of drug-likeness (QED) is 0.809. The number of carboxylic acid groups (broad SMARTS) is 1. The van der Waals surface area contributed by atoms with E-state index >= 15 is 0 Å². The summed E-state index contributed by atoms with van der Waals surface area (Å²) in [6, 6.07) is -0.707. The average molecular weight is 283 g/mol. The zero-order chi connectivity index (χ0) is 15.2. The first-order chi connectivity index (χ1) is 9.24. The maximum atomic E-state index is 11.0. The van der Waals surface area contributed by atoms with E-state index in [1.54, 1.807) is 0 Å². The van der Waals surface area contributed by atoms with Gasteiger partial charge in [0, 0.05) is 0 Å². The van der Waals surface area contributed by atoms with Crippen molar-refractivity contribution in [3.8, 4) is 0 Å². The van der Waals surface area contributed by atoms with Crippen LogP contribution < -0.4 is 5.73 Å². The molecule has 0 aliphatic heterocycles. The van der Waals surface area contributed by atoms with E-state index in [4.69, 9.17) is 10.8 Å². The minimum Gasteiger partial charge on any atom is -0.480 e. The normalized spacial score (nSPS) is 30.2. The highest BCUT2D eigenvalue weighted by Crippen LogP contribution is 2.38. The number of carboxylic acids is 1. The van der Waals surface area contributed by atoms with Gasteiger partial charge in [-0.05, 0) is 42.9 Å². The van der Waals surface area contributed by atoms with Gasteiger partial charge in [0.25, 0.3) is 0 Å². The lowest BCUT2D eigenvalue weighted by Gasteiger charge is -2.31. The highest BCUT2D eigenvalue weighted by molar-refractivity contribution is 5.73. The van der Waals surface area contributed by atoms with Gasteiger partial charge in [-0.15, -0.1) is 0 Å². The maximum Gasteiger partial charge on any atom is 0.320 e. The van der Waals surface area contributed by atoms with Gasteiger partial charge in [0.15, 0.2) is 0 Å². The van der Waals surface area contributed by atoms with Crippen LogP contribution in [0.5, 0.6) is 0 Å². The summed E-state index contributed by atoms with van der Waals surface area (Å²) >= 11 is 0. The molecule has 20 heavy (non-hydrogen) atoms. The summed E-state index contributed by atoms with van der Waals surface area (Å²) in [5.41, 5.74) is 6.34. The molecule has 2 atom stereocenters. The number of nitrogens with two attached hydrogens (primary N) is 1. The molecule has 118 valence electrons. The van der Waals surface area contributed by atoms with Crippen molar-refractivity contribution in [2.75, 3.05) is 0 Å². The Morgan fingerprint density at radius 1 is 1.00 bits per heavy atom. The molecule has 0 aromatic rings. The van der Waals surface area contributed by atoms with Gasteiger partial charge in [-0.25, -0.2) is 0 Å². The lowest BCUT2D eigenvalue weighted by molar-refractivity contribution is -0.139. The van der Waals surface area contributed by atoms with Gasteiger partial charge in [-0.2, -0.15) is 0 Å². The number of hydrogen-bond acceptors (Lipinski definition) is 2. The standard InChI is InChI=1S/C17H33NO2/c1-16(2)9-5-4-6-11-17(3,12-8-7-10-16)13-14(18)15(19)20/h14H,4-13,18H2,1-3H3,(H,19,20)/t14-,17?/m0/s1. The topological polar surface area (TPSA) is 63.3 Å². The van der Waals surface area contributed by atoms with E-state index in [-0.39, 0.29) is 5.41 Å². The molecule has 1 unspecified atom stereocenters. The second-order valence-corrected chi connectivity index (χ2v) is 7.89. The van der Waals surface area contributed by atoms with Crippen molar-refractivity contribution in [1.82, 2.24) is 0 Å². The molecule has 0 bridgehead atoms. The molecule has 1 aliphatic rings. The third kappa shape index (κ3) is 6.25. The predicted molar refractivity (Wildman–Crippen MR) is 83.7 cm³/mol. The summed E-state index contributed by atoms with van der Waals surface area (Å²) in [6.45, 7) is 6.99. The van der Waals surface area contributed by atoms with Crippen LogP contribution in [0.2, 0.25) is 0 Å². The maximum absolute atomic E-state index is 11.0. The molecule has 1 aliphatic carbocycles. The lowest BCUT2D eigenvalue weighted by atomic mass is 9.75. The Labute approximate surface area is 124 Å². The molecule has 1 saturated carbocycles. The van der Waals surface area contributed by atoms with Crippen LogP contribution in [0.3, 0.4) is 0 Å². The zero-order valence-corrected chi connectivity index (χ0v) is 13.6. The van der Waals surface area contributed by atoms with Crippen LogP contribution in [0.1, 0.15) is 85.0 Å². The predicted octanol–water partition coefficient (Wildman–Crippen LogP) is 4.35. The van der Waals surface area contributed by atoms with Crippen LogP contribution in [-0.4, -0.2) is 17.1 Å². The first-order valence-corrected chi connectivity index (χ1v) is 8.23. The SMILES string of the molecule is CC1(C)CCCCCC(C)(C[C@H](N)C(=O)O)CCCC1. The van der Waals surface area contributed by atoms with E-state index in [0.717, 1.165) is 12.8 Å². The minimum absolute atomic E-state index is 0.103. The summed E-state index contributed by atoms with van der Waals surface area (Å²) in [5, 5.41) is 9.04. The van der Waals surface area contributed by atoms with Crippen molar-refractivity contribution in [1.29, 1.82) is 0 Å². The summed E-state index contributed by atoms with van der Waals surface area (Å²) < 4.78 is 0. The van der Waals surface area contributed by atoms with Crippen molar-refractivity contribution in [3.63, 3.8) is 0 Å². The second-order valence-electron chi connectivity index (χ2n) is 7.89. The fourth-order valence-corrected chi connectivity index (χ4v) is 3.56. The van der Waals surface area contributed by atoms with Gasteiger partial charge < -0.3 is 10.8 Å². The third-order valence-electron chi connectivity index (χ3n) is 5.05. The number of hydrogen-bond donors (Lipinski definition) is 2. The molecule has 3 heteroatoms. The Hall–Kier alpha value is -0.570. The number of rotatable bonds is 3. The van der Waals surface area contributed by atoms with Crippen molar-refractivity contribution < 1.29 is 9.90 Å². The zero-order valence-electron chi connectivity index (χ0n) is 13.6. The molecular weight excluding hydrogens is 250 g/mol. The monoisotopic (exact) mass is 283 g/mol. The highest BCUT2D eigenvalue weighted by atomic mass is 16.4. The smallest absolute Gasteiger partial charge is 0.320 e. The Morgan fingerprint density at radius 3 is 2.00 bits per heavy atom. The minimum atomic E-state index is -0.860. The van der Waals surface area contributed by atoms with E-state index in [9.17, 15) is 4.79 Å². The lowest BCUT2D eigenvalue weighted by Crippen LogP contribution is -2.36. The fourth-order valence-electron chi connectivity index (χ4n) is 3.56. The first kappa shape index (κ1) is 17.5. The molecule has 0 heterocycles. The van der Waals surface area contributed by atoms with Crippen molar-refractivity contribution in [2.24, 2.45) is 16.6 Å². The van der Waals surface area contributed by atoms with E-state index in [0.29, 0.717) is 11.8 Å². The van der Waals surface area contributed by atoms with Gasteiger partial charge in [0.05, 0.1) is 0 Å². The first-order valence-electron chi connectivity index (χ1n) is 8.23. The molecular formula is C17H33NO2. The molecule has 1 fully saturated rings. The second kappa shape index (κ2) is 7.44. The molecule has 0 saturated heterocycles. The largest absolute Gasteiger partial charge is 0.480 e. The van der Waals surface area contributed by atoms with Gasteiger partial charge in [0.1, 0.15) is 6.04 Å².